The van der Waals surface area contributed by atoms with Gasteiger partial charge in [-0.1, -0.05) is 0 Å². The minimum Gasteiger partial charge on any atom is -0.870 e. The molecule has 0 radical (unpaired) electrons. The standard InChI is InChI=1S/2Ba.4H2O.Ti/h;;4*1H2;/q2*+2;;;;;/p-4. The van der Waals surface area contributed by atoms with Crippen molar-refractivity contribution in [2.45, 2.75) is 0 Å². The summed E-state index contributed by atoms with van der Waals surface area (Å²) in [7, 11) is 0. The van der Waals surface area contributed by atoms with Gasteiger partial charge < -0.3 is 21.9 Å². The molecule has 0 aliphatic rings. The molecule has 0 aromatic rings. The molecule has 0 saturated carbocycles. The first-order valence-electron chi connectivity index (χ1n) is 0. The van der Waals surface area contributed by atoms with Gasteiger partial charge in [0.1, 0.15) is 0 Å². The van der Waals surface area contributed by atoms with Gasteiger partial charge in [-0.2, -0.15) is 0 Å². The molecule has 7 heteroatoms. The summed E-state index contributed by atoms with van der Waals surface area (Å²) in [6.45, 7) is 0. The Morgan fingerprint density at radius 3 is 0.429 bits per heavy atom. The Balaban J connectivity index is 0. The van der Waals surface area contributed by atoms with Crippen molar-refractivity contribution in [2.75, 3.05) is 0 Å². The van der Waals surface area contributed by atoms with Gasteiger partial charge in [0.15, 0.2) is 0 Å². The van der Waals surface area contributed by atoms with Gasteiger partial charge in [-0.15, -0.1) is 0 Å². The molecule has 0 rings (SSSR count). The van der Waals surface area contributed by atoms with Crippen molar-refractivity contribution >= 4 is 97.8 Å². The first-order chi connectivity index (χ1) is 0. The van der Waals surface area contributed by atoms with Crippen LogP contribution in [0.1, 0.15) is 0 Å². The predicted molar refractivity (Wildman–Crippen MR) is 19.3 cm³/mol. The summed E-state index contributed by atoms with van der Waals surface area (Å²) < 4.78 is 0. The SMILES string of the molecule is [Ba+2].[Ba+2].[OH-].[OH-].[OH-].[OH-].[Ti]. The van der Waals surface area contributed by atoms with Crippen molar-refractivity contribution in [3.63, 3.8) is 0 Å². The number of hydrogen-bond donors (Lipinski definition) is 0. The van der Waals surface area contributed by atoms with Crippen LogP contribution in [0.15, 0.2) is 0 Å². The number of hydrogen-bond acceptors (Lipinski definition) is 4. The fourth-order valence-corrected chi connectivity index (χ4v) is 0. The molecule has 0 aliphatic heterocycles. The average molecular weight is 391 g/mol. The monoisotopic (exact) mass is 392 g/mol. The van der Waals surface area contributed by atoms with E-state index < -0.39 is 0 Å². The molecular weight excluding hydrogens is 387 g/mol. The van der Waals surface area contributed by atoms with Crippen LogP contribution in [0.2, 0.25) is 0 Å². The second kappa shape index (κ2) is 53.7. The molecule has 4 nitrogen and oxygen atoms in total. The van der Waals surface area contributed by atoms with Gasteiger partial charge in [0.05, 0.1) is 0 Å². The summed E-state index contributed by atoms with van der Waals surface area (Å²) in [4.78, 5) is 0. The second-order valence-electron chi connectivity index (χ2n) is 0. The van der Waals surface area contributed by atoms with Crippen LogP contribution in [0.5, 0.6) is 0 Å². The van der Waals surface area contributed by atoms with Crippen LogP contribution in [0.4, 0.5) is 0 Å². The van der Waals surface area contributed by atoms with Gasteiger partial charge in [-0.05, 0) is 0 Å². The fourth-order valence-electron chi connectivity index (χ4n) is 0. The summed E-state index contributed by atoms with van der Waals surface area (Å²) in [6.07, 6.45) is 0. The predicted octanol–water partition coefficient (Wildman–Crippen LogP) is -1.47. The maximum atomic E-state index is 0. The molecule has 0 aromatic heterocycles. The topological polar surface area (TPSA) is 120 Å². The molecular formula is H4Ba2O4Ti. The second-order valence-corrected chi connectivity index (χ2v) is 0. The molecule has 7 heavy (non-hydrogen) atoms. The van der Waals surface area contributed by atoms with Crippen molar-refractivity contribution in [2.24, 2.45) is 0 Å². The zero-order valence-electron chi connectivity index (χ0n) is 3.70. The third-order valence-electron chi connectivity index (χ3n) is 0. The molecule has 0 aromatic carbocycles. The average Bonchev–Trinajstić information content (AvgIpc) is 0. The summed E-state index contributed by atoms with van der Waals surface area (Å²) >= 11 is 0. The van der Waals surface area contributed by atoms with Crippen molar-refractivity contribution < 1.29 is 43.6 Å². The van der Waals surface area contributed by atoms with E-state index in [1.165, 1.54) is 0 Å². The molecule has 0 heterocycles. The Hall–Kier alpha value is 3.70. The van der Waals surface area contributed by atoms with E-state index in [4.69, 9.17) is 0 Å². The Morgan fingerprint density at radius 2 is 0.429 bits per heavy atom. The summed E-state index contributed by atoms with van der Waals surface area (Å²) in [5.74, 6) is 0. The van der Waals surface area contributed by atoms with Crippen molar-refractivity contribution in [3.8, 4) is 0 Å². The van der Waals surface area contributed by atoms with E-state index in [2.05, 4.69) is 0 Å². The van der Waals surface area contributed by atoms with Crippen molar-refractivity contribution in [1.29, 1.82) is 0 Å². The Labute approximate surface area is 137 Å². The van der Waals surface area contributed by atoms with E-state index in [-0.39, 0.29) is 141 Å². The van der Waals surface area contributed by atoms with Crippen LogP contribution in [-0.2, 0) is 21.7 Å². The van der Waals surface area contributed by atoms with Crippen molar-refractivity contribution in [3.05, 3.63) is 0 Å². The normalized spacial score (nSPS) is 0. The summed E-state index contributed by atoms with van der Waals surface area (Å²) in [5.41, 5.74) is 0. The van der Waals surface area contributed by atoms with Crippen LogP contribution in [-0.4, -0.2) is 120 Å². The Bertz CT molecular complexity index is 9.65. The van der Waals surface area contributed by atoms with Crippen LogP contribution >= 0.6 is 0 Å². The van der Waals surface area contributed by atoms with Crippen LogP contribution in [0.25, 0.3) is 0 Å². The van der Waals surface area contributed by atoms with Gasteiger partial charge >= 0.3 is 97.8 Å². The molecule has 36 valence electrons. The molecule has 0 aliphatic carbocycles. The third-order valence-corrected chi connectivity index (χ3v) is 0. The van der Waals surface area contributed by atoms with Gasteiger partial charge in [0, 0.05) is 21.7 Å². The van der Waals surface area contributed by atoms with E-state index in [0.717, 1.165) is 0 Å². The summed E-state index contributed by atoms with van der Waals surface area (Å²) in [6, 6.07) is 0. The molecule has 0 unspecified atom stereocenters. The van der Waals surface area contributed by atoms with E-state index in [9.17, 15) is 0 Å². The van der Waals surface area contributed by atoms with Gasteiger partial charge in [-0.25, -0.2) is 0 Å². The quantitative estimate of drug-likeness (QED) is 0.469. The maximum Gasteiger partial charge on any atom is 2.00 e. The Kier molecular flexibility index (Phi) is 564. The first kappa shape index (κ1) is 73.6. The molecule has 0 saturated heterocycles. The molecule has 0 amide bonds. The van der Waals surface area contributed by atoms with E-state index >= 15 is 0 Å². The zero-order chi connectivity index (χ0) is 0. The van der Waals surface area contributed by atoms with Gasteiger partial charge in [0.25, 0.3) is 0 Å². The smallest absolute Gasteiger partial charge is 0.870 e. The van der Waals surface area contributed by atoms with Gasteiger partial charge in [-0.3, -0.25) is 0 Å². The van der Waals surface area contributed by atoms with Crippen LogP contribution in [0.3, 0.4) is 0 Å². The van der Waals surface area contributed by atoms with Crippen LogP contribution < -0.4 is 0 Å². The molecule has 4 N–H and O–H groups in total. The van der Waals surface area contributed by atoms with E-state index in [0.29, 0.717) is 0 Å². The molecule has 0 bridgehead atoms. The minimum absolute atomic E-state index is 0. The van der Waals surface area contributed by atoms with E-state index in [1.807, 2.05) is 0 Å². The fraction of sp³-hybridized carbons (Fsp3) is 0. The van der Waals surface area contributed by atoms with E-state index in [1.54, 1.807) is 0 Å². The van der Waals surface area contributed by atoms with Crippen LogP contribution in [0, 0.1) is 0 Å². The molecule has 0 fully saturated rings. The zero-order valence-corrected chi connectivity index (χ0v) is 14.1. The minimum atomic E-state index is 0. The summed E-state index contributed by atoms with van der Waals surface area (Å²) in [5, 5.41) is 0. The number of rotatable bonds is 0. The molecule has 0 spiro atoms. The maximum absolute atomic E-state index is 0. The Morgan fingerprint density at radius 1 is 0.429 bits per heavy atom. The largest absolute Gasteiger partial charge is 2.00 e. The third kappa shape index (κ3) is 42.0. The molecule has 0 atom stereocenters. The van der Waals surface area contributed by atoms with Gasteiger partial charge in [0.2, 0.25) is 0 Å². The van der Waals surface area contributed by atoms with Crippen molar-refractivity contribution in [1.82, 2.24) is 0 Å². The first-order valence-corrected chi connectivity index (χ1v) is 0.